The molecule has 3 N–H and O–H groups in total. The molecule has 0 fully saturated rings. The van der Waals surface area contributed by atoms with Crippen molar-refractivity contribution in [2.75, 3.05) is 11.9 Å². The maximum atomic E-state index is 14.4. The smallest absolute Gasteiger partial charge is 0.350 e. The van der Waals surface area contributed by atoms with Crippen LogP contribution in [0, 0.1) is 6.92 Å². The van der Waals surface area contributed by atoms with Gasteiger partial charge in [0, 0.05) is 16.3 Å². The van der Waals surface area contributed by atoms with Gasteiger partial charge in [-0.15, -0.1) is 0 Å². The van der Waals surface area contributed by atoms with Gasteiger partial charge in [-0.05, 0) is 49.1 Å². The number of ether oxygens (including phenoxy) is 1. The van der Waals surface area contributed by atoms with Crippen LogP contribution in [0.2, 0.25) is 5.02 Å². The molecule has 0 bridgehead atoms. The lowest BCUT2D eigenvalue weighted by Gasteiger charge is -2.17. The number of hydrogen-bond donors (Lipinski definition) is 2. The van der Waals surface area contributed by atoms with E-state index in [0.717, 1.165) is 24.5 Å². The molecule has 0 saturated heterocycles. The second-order valence-corrected chi connectivity index (χ2v) is 7.07. The summed E-state index contributed by atoms with van der Waals surface area (Å²) in [7, 11) is 0. The fourth-order valence-corrected chi connectivity index (χ4v) is 2.98. The number of aliphatic imine (C=N–C) groups is 1. The van der Waals surface area contributed by atoms with Crippen molar-refractivity contribution >= 4 is 29.2 Å². The first-order valence-electron chi connectivity index (χ1n) is 8.76. The number of nitrogens with one attached hydrogen (secondary N) is 1. The van der Waals surface area contributed by atoms with Crippen LogP contribution >= 0.6 is 11.6 Å². The number of nitrogens with zero attached hydrogens (tertiary/aromatic N) is 1. The number of anilines is 1. The minimum atomic E-state index is -3.70. The predicted octanol–water partition coefficient (Wildman–Crippen LogP) is 4.03. The van der Waals surface area contributed by atoms with Crippen LogP contribution in [0.5, 0.6) is 0 Å². The molecule has 0 spiro atoms. The van der Waals surface area contributed by atoms with Crippen molar-refractivity contribution < 1.29 is 18.3 Å². The fourth-order valence-electron chi connectivity index (χ4n) is 2.80. The molecular formula is C20H20ClF2N3O2. The van der Waals surface area contributed by atoms with Crippen molar-refractivity contribution in [1.82, 2.24) is 0 Å². The Kier molecular flexibility index (Phi) is 5.84. The first-order chi connectivity index (χ1) is 13.3. The molecule has 1 amide bonds. The number of rotatable bonds is 6. The molecule has 1 heterocycles. The van der Waals surface area contributed by atoms with Crippen LogP contribution in [0.4, 0.5) is 14.5 Å². The summed E-state index contributed by atoms with van der Waals surface area (Å²) in [5.41, 5.74) is 6.97. The Bertz CT molecular complexity index is 901. The van der Waals surface area contributed by atoms with Crippen molar-refractivity contribution in [2.24, 2.45) is 10.7 Å². The summed E-state index contributed by atoms with van der Waals surface area (Å²) in [6.45, 7) is 2.17. The van der Waals surface area contributed by atoms with Crippen molar-refractivity contribution in [1.29, 1.82) is 0 Å². The molecule has 1 unspecified atom stereocenters. The van der Waals surface area contributed by atoms with Gasteiger partial charge in [0.15, 0.2) is 0 Å². The second kappa shape index (κ2) is 8.14. The maximum absolute atomic E-state index is 14.4. The van der Waals surface area contributed by atoms with Crippen molar-refractivity contribution in [3.05, 3.63) is 64.2 Å². The van der Waals surface area contributed by atoms with Gasteiger partial charge < -0.3 is 15.8 Å². The molecule has 28 heavy (non-hydrogen) atoms. The summed E-state index contributed by atoms with van der Waals surface area (Å²) < 4.78 is 34.0. The Morgan fingerprint density at radius 2 is 2.04 bits per heavy atom. The quantitative estimate of drug-likeness (QED) is 0.759. The lowest BCUT2D eigenvalue weighted by atomic mass is 10.0. The Labute approximate surface area is 166 Å². The number of halogens is 3. The normalized spacial score (nSPS) is 16.4. The molecule has 2 aromatic rings. The third kappa shape index (κ3) is 4.59. The van der Waals surface area contributed by atoms with Crippen molar-refractivity contribution in [2.45, 2.75) is 31.7 Å². The monoisotopic (exact) mass is 407 g/mol. The van der Waals surface area contributed by atoms with E-state index in [1.807, 2.05) is 0 Å². The fraction of sp³-hybridized carbons (Fsp3) is 0.300. The summed E-state index contributed by atoms with van der Waals surface area (Å²) in [6.07, 6.45) is 1.50. The average Bonchev–Trinajstić information content (AvgIpc) is 3.08. The summed E-state index contributed by atoms with van der Waals surface area (Å²) in [5.74, 6) is -5.11. The Morgan fingerprint density at radius 1 is 1.32 bits per heavy atom. The molecule has 0 aliphatic carbocycles. The molecule has 0 radical (unpaired) electrons. The van der Waals surface area contributed by atoms with Gasteiger partial charge in [-0.3, -0.25) is 4.79 Å². The molecular weight excluding hydrogens is 388 g/mol. The second-order valence-electron chi connectivity index (χ2n) is 6.66. The third-order valence-electron chi connectivity index (χ3n) is 4.53. The molecule has 1 aliphatic heterocycles. The number of amides is 1. The third-order valence-corrected chi connectivity index (χ3v) is 4.94. The lowest BCUT2D eigenvalue weighted by molar-refractivity contribution is -0.140. The zero-order valence-corrected chi connectivity index (χ0v) is 16.0. The van der Waals surface area contributed by atoms with Crippen LogP contribution in [0.25, 0.3) is 0 Å². The maximum Gasteiger partial charge on any atom is 0.350 e. The zero-order valence-electron chi connectivity index (χ0n) is 15.2. The van der Waals surface area contributed by atoms with Crippen LogP contribution in [0.3, 0.4) is 0 Å². The number of carbonyl (C=O) groups excluding carboxylic acids is 1. The van der Waals surface area contributed by atoms with Gasteiger partial charge in [0.2, 0.25) is 0 Å². The van der Waals surface area contributed by atoms with E-state index in [1.54, 1.807) is 31.2 Å². The van der Waals surface area contributed by atoms with E-state index in [9.17, 15) is 13.6 Å². The van der Waals surface area contributed by atoms with E-state index >= 15 is 0 Å². The van der Waals surface area contributed by atoms with Gasteiger partial charge in [0.25, 0.3) is 11.9 Å². The van der Waals surface area contributed by atoms with E-state index in [1.165, 1.54) is 12.1 Å². The highest BCUT2D eigenvalue weighted by Gasteiger charge is 2.41. The van der Waals surface area contributed by atoms with Gasteiger partial charge in [0.1, 0.15) is 6.61 Å². The van der Waals surface area contributed by atoms with Gasteiger partial charge in [-0.1, -0.05) is 35.9 Å². The van der Waals surface area contributed by atoms with Crippen molar-refractivity contribution in [3.63, 3.8) is 0 Å². The number of nitrogens with two attached hydrogens (primary N) is 1. The zero-order chi connectivity index (χ0) is 20.3. The van der Waals surface area contributed by atoms with Gasteiger partial charge >= 0.3 is 5.92 Å². The summed E-state index contributed by atoms with van der Waals surface area (Å²) in [4.78, 5) is 16.3. The van der Waals surface area contributed by atoms with Crippen LogP contribution in [-0.2, 0) is 21.9 Å². The molecule has 148 valence electrons. The van der Waals surface area contributed by atoms with E-state index in [0.29, 0.717) is 12.2 Å². The number of benzene rings is 2. The molecule has 2 aromatic carbocycles. The van der Waals surface area contributed by atoms with Crippen LogP contribution < -0.4 is 11.1 Å². The number of aryl methyl sites for hydroxylation is 2. The number of amidine groups is 1. The van der Waals surface area contributed by atoms with Gasteiger partial charge in [-0.25, -0.2) is 4.99 Å². The van der Waals surface area contributed by atoms with Crippen LogP contribution in [0.15, 0.2) is 47.5 Å². The Hall–Kier alpha value is -2.67. The average molecular weight is 408 g/mol. The SMILES string of the molecule is Cc1ccc(C(F)(F)C(=O)Nc2ccc(CCC3COC(N)=N3)cc2)cc1Cl. The molecule has 3 rings (SSSR count). The Balaban J connectivity index is 1.61. The summed E-state index contributed by atoms with van der Waals surface area (Å²) in [5, 5.41) is 2.44. The first kappa shape index (κ1) is 20.1. The molecule has 0 saturated carbocycles. The molecule has 5 nitrogen and oxygen atoms in total. The minimum Gasteiger partial charge on any atom is -0.463 e. The standard InChI is InChI=1S/C20H20ClF2N3O2/c1-12-2-6-14(10-17(12)21)20(22,23)18(27)25-15-7-3-13(4-8-15)5-9-16-11-28-19(24)26-16/h2-4,6-8,10,16H,5,9,11H2,1H3,(H2,24,26)(H,25,27). The number of hydrogen-bond acceptors (Lipinski definition) is 4. The van der Waals surface area contributed by atoms with E-state index < -0.39 is 17.4 Å². The van der Waals surface area contributed by atoms with Crippen LogP contribution in [0.1, 0.15) is 23.1 Å². The van der Waals surface area contributed by atoms with Crippen molar-refractivity contribution in [3.8, 4) is 0 Å². The highest BCUT2D eigenvalue weighted by molar-refractivity contribution is 6.31. The summed E-state index contributed by atoms with van der Waals surface area (Å²) >= 11 is 5.90. The predicted molar refractivity (Wildman–Crippen MR) is 105 cm³/mol. The highest BCUT2D eigenvalue weighted by atomic mass is 35.5. The lowest BCUT2D eigenvalue weighted by Crippen LogP contribution is -2.32. The topological polar surface area (TPSA) is 76.7 Å². The van der Waals surface area contributed by atoms with E-state index in [2.05, 4.69) is 10.3 Å². The highest BCUT2D eigenvalue weighted by Crippen LogP contribution is 2.32. The Morgan fingerprint density at radius 3 is 2.64 bits per heavy atom. The van der Waals surface area contributed by atoms with Gasteiger partial charge in [0.05, 0.1) is 6.04 Å². The summed E-state index contributed by atoms with van der Waals surface area (Å²) in [6, 6.07) is 10.7. The van der Waals surface area contributed by atoms with Gasteiger partial charge in [-0.2, -0.15) is 8.78 Å². The molecule has 8 heteroatoms. The molecule has 1 aliphatic rings. The number of carbonyl (C=O) groups is 1. The minimum absolute atomic E-state index is 0.0272. The number of alkyl halides is 2. The first-order valence-corrected chi connectivity index (χ1v) is 9.14. The van der Waals surface area contributed by atoms with E-state index in [-0.39, 0.29) is 22.8 Å². The molecule has 1 atom stereocenters. The van der Waals surface area contributed by atoms with Crippen LogP contribution in [-0.4, -0.2) is 24.6 Å². The molecule has 0 aromatic heterocycles. The van der Waals surface area contributed by atoms with E-state index in [4.69, 9.17) is 22.1 Å². The largest absolute Gasteiger partial charge is 0.463 e.